The Morgan fingerprint density at radius 1 is 0.500 bits per heavy atom. The van der Waals surface area contributed by atoms with Crippen molar-refractivity contribution in [2.75, 3.05) is 13.2 Å². The first-order valence-electron chi connectivity index (χ1n) is 32.9. The minimum Gasteiger partial charge on any atom is -0.454 e. The van der Waals surface area contributed by atoms with E-state index in [0.717, 1.165) is 70.6 Å². The number of rotatable bonds is 56. The summed E-state index contributed by atoms with van der Waals surface area (Å²) in [5.41, 5.74) is 0. The third kappa shape index (κ3) is 42.5. The van der Waals surface area contributed by atoms with E-state index in [1.807, 2.05) is 6.08 Å². The van der Waals surface area contributed by atoms with Gasteiger partial charge < -0.3 is 45.1 Å². The van der Waals surface area contributed by atoms with Crippen molar-refractivity contribution in [3.8, 4) is 0 Å². The number of esters is 1. The SMILES string of the molecule is CCCCC/C=C\C/C=C\CCCCCCCCCCCCCCCCC(O)C(=O)NC(COC1OC(CO)C(O)C(O)C1OC(=O)CCCCC/C=C\CCCCCCCCC)C(O)/C=C/CCCCCCCCCCC. The topological polar surface area (TPSA) is 175 Å². The molecule has 11 heteroatoms. The number of amides is 1. The first-order chi connectivity index (χ1) is 38.2. The number of hydrogen-bond acceptors (Lipinski definition) is 10. The molecule has 456 valence electrons. The van der Waals surface area contributed by atoms with Crippen LogP contribution in [-0.4, -0.2) is 99.6 Å². The lowest BCUT2D eigenvalue weighted by molar-refractivity contribution is -0.305. The van der Waals surface area contributed by atoms with Crippen LogP contribution in [0.3, 0.4) is 0 Å². The van der Waals surface area contributed by atoms with Gasteiger partial charge in [0, 0.05) is 6.42 Å². The molecule has 1 heterocycles. The highest BCUT2D eigenvalue weighted by molar-refractivity contribution is 5.80. The van der Waals surface area contributed by atoms with E-state index in [4.69, 9.17) is 14.2 Å². The molecule has 1 fully saturated rings. The van der Waals surface area contributed by atoms with Crippen molar-refractivity contribution in [1.29, 1.82) is 0 Å². The molecule has 0 aromatic heterocycles. The molecule has 1 aliphatic rings. The predicted molar refractivity (Wildman–Crippen MR) is 324 cm³/mol. The molecule has 0 spiro atoms. The number of carbonyl (C=O) groups is 2. The minimum absolute atomic E-state index is 0.105. The molecule has 0 bridgehead atoms. The highest BCUT2D eigenvalue weighted by atomic mass is 16.7. The molecule has 1 saturated heterocycles. The smallest absolute Gasteiger partial charge is 0.306 e. The lowest BCUT2D eigenvalue weighted by atomic mass is 9.99. The van der Waals surface area contributed by atoms with Crippen LogP contribution in [0.15, 0.2) is 48.6 Å². The summed E-state index contributed by atoms with van der Waals surface area (Å²) < 4.78 is 17.6. The van der Waals surface area contributed by atoms with Gasteiger partial charge in [-0.2, -0.15) is 0 Å². The largest absolute Gasteiger partial charge is 0.454 e. The van der Waals surface area contributed by atoms with Crippen molar-refractivity contribution < 1.29 is 49.3 Å². The summed E-state index contributed by atoms with van der Waals surface area (Å²) in [6.07, 6.45) is 57.3. The van der Waals surface area contributed by atoms with Crippen molar-refractivity contribution in [3.05, 3.63) is 48.6 Å². The van der Waals surface area contributed by atoms with Crippen LogP contribution in [0.4, 0.5) is 0 Å². The van der Waals surface area contributed by atoms with Crippen LogP contribution >= 0.6 is 0 Å². The Morgan fingerprint density at radius 2 is 0.885 bits per heavy atom. The van der Waals surface area contributed by atoms with Gasteiger partial charge >= 0.3 is 5.97 Å². The molecule has 1 amide bonds. The van der Waals surface area contributed by atoms with Crippen LogP contribution in [0.1, 0.15) is 303 Å². The second-order valence-corrected chi connectivity index (χ2v) is 22.8. The fourth-order valence-electron chi connectivity index (χ4n) is 10.2. The van der Waals surface area contributed by atoms with Crippen LogP contribution in [0.2, 0.25) is 0 Å². The van der Waals surface area contributed by atoms with Crippen molar-refractivity contribution in [2.24, 2.45) is 0 Å². The van der Waals surface area contributed by atoms with E-state index >= 15 is 0 Å². The molecule has 0 aliphatic carbocycles. The third-order valence-electron chi connectivity index (χ3n) is 15.5. The van der Waals surface area contributed by atoms with Crippen LogP contribution in [0.25, 0.3) is 0 Å². The number of ether oxygens (including phenoxy) is 3. The zero-order valence-electron chi connectivity index (χ0n) is 50.5. The van der Waals surface area contributed by atoms with Crippen molar-refractivity contribution in [1.82, 2.24) is 5.32 Å². The van der Waals surface area contributed by atoms with Gasteiger partial charge in [0.2, 0.25) is 5.91 Å². The maximum atomic E-state index is 13.4. The normalized spacial score (nSPS) is 19.2. The summed E-state index contributed by atoms with van der Waals surface area (Å²) in [6.45, 7) is 5.76. The Balaban J connectivity index is 2.59. The summed E-state index contributed by atoms with van der Waals surface area (Å²) in [6, 6.07) is -1.03. The molecule has 0 aromatic rings. The van der Waals surface area contributed by atoms with Gasteiger partial charge in [-0.05, 0) is 83.5 Å². The quantitative estimate of drug-likeness (QED) is 0.0195. The predicted octanol–water partition coefficient (Wildman–Crippen LogP) is 16.0. The first kappa shape index (κ1) is 73.6. The first-order valence-corrected chi connectivity index (χ1v) is 32.9. The summed E-state index contributed by atoms with van der Waals surface area (Å²) in [7, 11) is 0. The van der Waals surface area contributed by atoms with Crippen LogP contribution < -0.4 is 5.32 Å². The van der Waals surface area contributed by atoms with Gasteiger partial charge in [0.25, 0.3) is 0 Å². The number of aliphatic hydroxyl groups is 5. The van der Waals surface area contributed by atoms with E-state index in [0.29, 0.717) is 19.3 Å². The van der Waals surface area contributed by atoms with Gasteiger partial charge in [-0.15, -0.1) is 0 Å². The Hall–Kier alpha value is -2.38. The standard InChI is InChI=1S/C67H123NO10/c1-4-7-10-13-16-19-22-24-26-27-28-29-30-31-32-33-34-35-36-39-42-45-48-51-54-60(71)66(75)68-58(59(70)53-50-47-44-41-38-21-18-15-12-9-6-3)57-76-67-65(64(74)63(73)61(56-69)77-67)78-62(72)55-52-49-46-43-40-37-25-23-20-17-14-11-8-5-2/h16,19,24,26,37,40,50,53,58-61,63-65,67,69-71,73-74H,4-15,17-18,20-23,25,27-36,38-39,41-49,51-52,54-57H2,1-3H3,(H,68,75)/b19-16-,26-24-,40-37-,53-50+. The molecule has 78 heavy (non-hydrogen) atoms. The fourth-order valence-corrected chi connectivity index (χ4v) is 10.2. The van der Waals surface area contributed by atoms with Gasteiger partial charge in [-0.1, -0.05) is 262 Å². The Bertz CT molecular complexity index is 1450. The number of carbonyl (C=O) groups excluding carboxylic acids is 2. The number of aliphatic hydroxyl groups excluding tert-OH is 5. The Kier molecular flexibility index (Phi) is 52.1. The molecule has 8 unspecified atom stereocenters. The summed E-state index contributed by atoms with van der Waals surface area (Å²) in [4.78, 5) is 26.5. The molecule has 0 aromatic carbocycles. The zero-order chi connectivity index (χ0) is 56.8. The maximum Gasteiger partial charge on any atom is 0.306 e. The number of unbranched alkanes of at least 4 members (excludes halogenated alkanes) is 36. The van der Waals surface area contributed by atoms with Crippen LogP contribution in [0.5, 0.6) is 0 Å². The van der Waals surface area contributed by atoms with Crippen LogP contribution in [-0.2, 0) is 23.8 Å². The molecule has 0 saturated carbocycles. The lowest BCUT2D eigenvalue weighted by Gasteiger charge is -2.41. The number of allylic oxidation sites excluding steroid dienone is 7. The summed E-state index contributed by atoms with van der Waals surface area (Å²) in [5.74, 6) is -1.20. The van der Waals surface area contributed by atoms with E-state index in [1.54, 1.807) is 6.08 Å². The van der Waals surface area contributed by atoms with Crippen molar-refractivity contribution in [3.63, 3.8) is 0 Å². The molecular formula is C67H123NO10. The highest BCUT2D eigenvalue weighted by Crippen LogP contribution is 2.26. The summed E-state index contributed by atoms with van der Waals surface area (Å²) in [5, 5.41) is 57.0. The maximum absolute atomic E-state index is 13.4. The van der Waals surface area contributed by atoms with E-state index in [9.17, 15) is 35.1 Å². The van der Waals surface area contributed by atoms with Gasteiger partial charge in [-0.25, -0.2) is 0 Å². The summed E-state index contributed by atoms with van der Waals surface area (Å²) >= 11 is 0. The molecule has 1 aliphatic heterocycles. The van der Waals surface area contributed by atoms with Crippen molar-refractivity contribution >= 4 is 11.9 Å². The van der Waals surface area contributed by atoms with E-state index in [1.165, 1.54) is 186 Å². The number of hydrogen-bond donors (Lipinski definition) is 6. The average Bonchev–Trinajstić information content (AvgIpc) is 3.44. The Labute approximate surface area is 478 Å². The van der Waals surface area contributed by atoms with Gasteiger partial charge in [-0.3, -0.25) is 9.59 Å². The highest BCUT2D eigenvalue weighted by Gasteiger charge is 2.47. The minimum atomic E-state index is -1.62. The monoisotopic (exact) mass is 1100 g/mol. The van der Waals surface area contributed by atoms with E-state index in [2.05, 4.69) is 62.5 Å². The molecular weight excluding hydrogens is 979 g/mol. The zero-order valence-corrected chi connectivity index (χ0v) is 50.5. The van der Waals surface area contributed by atoms with E-state index < -0.39 is 67.4 Å². The molecule has 0 radical (unpaired) electrons. The second-order valence-electron chi connectivity index (χ2n) is 22.8. The third-order valence-corrected chi connectivity index (χ3v) is 15.5. The average molecular weight is 1100 g/mol. The van der Waals surface area contributed by atoms with Gasteiger partial charge in [0.15, 0.2) is 12.4 Å². The second kappa shape index (κ2) is 55.2. The fraction of sp³-hybridized carbons (Fsp3) is 0.851. The molecule has 8 atom stereocenters. The molecule has 11 nitrogen and oxygen atoms in total. The lowest BCUT2D eigenvalue weighted by Crippen LogP contribution is -2.61. The Morgan fingerprint density at radius 3 is 1.35 bits per heavy atom. The number of nitrogens with one attached hydrogen (secondary N) is 1. The van der Waals surface area contributed by atoms with Crippen molar-refractivity contribution in [2.45, 2.75) is 352 Å². The van der Waals surface area contributed by atoms with E-state index in [-0.39, 0.29) is 13.0 Å². The van der Waals surface area contributed by atoms with Crippen LogP contribution in [0, 0.1) is 0 Å². The van der Waals surface area contributed by atoms with Gasteiger partial charge in [0.05, 0.1) is 25.4 Å². The van der Waals surface area contributed by atoms with Gasteiger partial charge in [0.1, 0.15) is 24.4 Å². The molecule has 1 rings (SSSR count). The molecule has 6 N–H and O–H groups in total.